The lowest BCUT2D eigenvalue weighted by Crippen LogP contribution is -2.47. The summed E-state index contributed by atoms with van der Waals surface area (Å²) < 4.78 is 25.6. The fourth-order valence-corrected chi connectivity index (χ4v) is 4.10. The van der Waals surface area contributed by atoms with Crippen LogP contribution in [0.1, 0.15) is 12.6 Å². The highest BCUT2D eigenvalue weighted by molar-refractivity contribution is 7.92. The van der Waals surface area contributed by atoms with E-state index >= 15 is 0 Å². The molecule has 28 heavy (non-hydrogen) atoms. The van der Waals surface area contributed by atoms with Gasteiger partial charge in [0, 0.05) is 5.56 Å². The molecule has 1 amide bonds. The van der Waals surface area contributed by atoms with Crippen molar-refractivity contribution in [2.24, 2.45) is 0 Å². The van der Waals surface area contributed by atoms with E-state index in [1.165, 1.54) is 0 Å². The maximum absolute atomic E-state index is 12.6. The number of hydrogen-bond acceptors (Lipinski definition) is 4. The third-order valence-corrected chi connectivity index (χ3v) is 5.49. The van der Waals surface area contributed by atoms with Crippen molar-refractivity contribution in [1.29, 1.82) is 0 Å². The number of H-pyrrole nitrogens is 1. The van der Waals surface area contributed by atoms with Crippen LogP contribution in [0.25, 0.3) is 11.3 Å². The summed E-state index contributed by atoms with van der Waals surface area (Å²) in [5.74, 6) is -0.398. The molecule has 0 unspecified atom stereocenters. The Balaban J connectivity index is 1.69. The van der Waals surface area contributed by atoms with Gasteiger partial charge in [0.05, 0.1) is 29.9 Å². The number of rotatable bonds is 7. The third kappa shape index (κ3) is 4.58. The van der Waals surface area contributed by atoms with E-state index in [0.717, 1.165) is 27.5 Å². The van der Waals surface area contributed by atoms with Crippen molar-refractivity contribution >= 4 is 21.6 Å². The molecule has 3 aromatic rings. The van der Waals surface area contributed by atoms with Crippen LogP contribution < -0.4 is 9.62 Å². The molecule has 0 aliphatic carbocycles. The number of aromatic nitrogens is 2. The molecule has 2 N–H and O–H groups in total. The van der Waals surface area contributed by atoms with Gasteiger partial charge in [0.15, 0.2) is 0 Å². The number of anilines is 1. The SMILES string of the molecule is C[C@H](C(=O)NCc1cc(-c2ccccc2)n[nH]1)N(c1ccccc1)S(C)(=O)=O. The summed E-state index contributed by atoms with van der Waals surface area (Å²) in [7, 11) is -3.62. The van der Waals surface area contributed by atoms with Crippen LogP contribution in [0.3, 0.4) is 0 Å². The number of sulfonamides is 1. The molecule has 1 atom stereocenters. The van der Waals surface area contributed by atoms with Crippen LogP contribution >= 0.6 is 0 Å². The first-order valence-electron chi connectivity index (χ1n) is 8.78. The van der Waals surface area contributed by atoms with E-state index in [2.05, 4.69) is 15.5 Å². The number of benzene rings is 2. The first-order valence-corrected chi connectivity index (χ1v) is 10.6. The van der Waals surface area contributed by atoms with Gasteiger partial charge in [-0.25, -0.2) is 8.42 Å². The van der Waals surface area contributed by atoms with Crippen molar-refractivity contribution in [1.82, 2.24) is 15.5 Å². The largest absolute Gasteiger partial charge is 0.349 e. The van der Waals surface area contributed by atoms with Crippen LogP contribution in [0.15, 0.2) is 66.7 Å². The van der Waals surface area contributed by atoms with E-state index < -0.39 is 22.0 Å². The second-order valence-electron chi connectivity index (χ2n) is 6.43. The van der Waals surface area contributed by atoms with Crippen molar-refractivity contribution in [3.05, 3.63) is 72.4 Å². The van der Waals surface area contributed by atoms with Crippen LogP contribution in [-0.4, -0.2) is 36.8 Å². The Bertz CT molecular complexity index is 1030. The number of amides is 1. The van der Waals surface area contributed by atoms with E-state index in [1.54, 1.807) is 37.3 Å². The molecule has 146 valence electrons. The van der Waals surface area contributed by atoms with Crippen molar-refractivity contribution in [3.8, 4) is 11.3 Å². The Labute approximate surface area is 164 Å². The van der Waals surface area contributed by atoms with Gasteiger partial charge in [-0.2, -0.15) is 5.10 Å². The molecule has 0 saturated heterocycles. The minimum Gasteiger partial charge on any atom is -0.349 e. The lowest BCUT2D eigenvalue weighted by Gasteiger charge is -2.28. The molecule has 1 heterocycles. The minimum atomic E-state index is -3.62. The molecule has 0 fully saturated rings. The number of carbonyl (C=O) groups is 1. The lowest BCUT2D eigenvalue weighted by molar-refractivity contribution is -0.122. The van der Waals surface area contributed by atoms with Crippen LogP contribution in [0.5, 0.6) is 0 Å². The number of carbonyl (C=O) groups excluding carboxylic acids is 1. The van der Waals surface area contributed by atoms with E-state index in [1.807, 2.05) is 36.4 Å². The first-order chi connectivity index (χ1) is 13.4. The Morgan fingerprint density at radius 3 is 2.32 bits per heavy atom. The highest BCUT2D eigenvalue weighted by atomic mass is 32.2. The second kappa shape index (κ2) is 8.26. The van der Waals surface area contributed by atoms with Gasteiger partial charge in [-0.1, -0.05) is 48.5 Å². The van der Waals surface area contributed by atoms with E-state index in [9.17, 15) is 13.2 Å². The van der Waals surface area contributed by atoms with Crippen molar-refractivity contribution in [2.45, 2.75) is 19.5 Å². The predicted molar refractivity (Wildman–Crippen MR) is 109 cm³/mol. The monoisotopic (exact) mass is 398 g/mol. The number of para-hydroxylation sites is 1. The highest BCUT2D eigenvalue weighted by Crippen LogP contribution is 2.20. The van der Waals surface area contributed by atoms with E-state index in [4.69, 9.17) is 0 Å². The molecule has 0 radical (unpaired) electrons. The van der Waals surface area contributed by atoms with Crippen LogP contribution in [-0.2, 0) is 21.4 Å². The maximum atomic E-state index is 12.6. The summed E-state index contributed by atoms with van der Waals surface area (Å²) in [5.41, 5.74) is 2.92. The van der Waals surface area contributed by atoms with Crippen LogP contribution in [0.4, 0.5) is 5.69 Å². The molecule has 0 spiro atoms. The zero-order valence-electron chi connectivity index (χ0n) is 15.7. The highest BCUT2D eigenvalue weighted by Gasteiger charge is 2.28. The van der Waals surface area contributed by atoms with Gasteiger partial charge in [-0.15, -0.1) is 0 Å². The fraction of sp³-hybridized carbons (Fsp3) is 0.200. The third-order valence-electron chi connectivity index (χ3n) is 4.25. The molecule has 8 heteroatoms. The Kier molecular flexibility index (Phi) is 5.79. The summed E-state index contributed by atoms with van der Waals surface area (Å²) in [6, 6.07) is 19.2. The van der Waals surface area contributed by atoms with Crippen LogP contribution in [0, 0.1) is 0 Å². The van der Waals surface area contributed by atoms with Gasteiger partial charge in [0.2, 0.25) is 15.9 Å². The van der Waals surface area contributed by atoms with Crippen molar-refractivity contribution in [2.75, 3.05) is 10.6 Å². The summed E-state index contributed by atoms with van der Waals surface area (Å²) in [6.45, 7) is 1.78. The molecule has 0 saturated carbocycles. The van der Waals surface area contributed by atoms with Gasteiger partial charge in [0.1, 0.15) is 6.04 Å². The predicted octanol–water partition coefficient (Wildman–Crippen LogP) is 2.55. The Morgan fingerprint density at radius 2 is 1.71 bits per heavy atom. The molecular formula is C20H22N4O3S. The second-order valence-corrected chi connectivity index (χ2v) is 8.29. The molecule has 0 aliphatic heterocycles. The zero-order chi connectivity index (χ0) is 20.1. The van der Waals surface area contributed by atoms with Crippen molar-refractivity contribution < 1.29 is 13.2 Å². The van der Waals surface area contributed by atoms with E-state index in [-0.39, 0.29) is 6.54 Å². The van der Waals surface area contributed by atoms with Gasteiger partial charge in [-0.3, -0.25) is 14.2 Å². The minimum absolute atomic E-state index is 0.218. The fourth-order valence-electron chi connectivity index (χ4n) is 2.92. The maximum Gasteiger partial charge on any atom is 0.243 e. The zero-order valence-corrected chi connectivity index (χ0v) is 16.5. The standard InChI is InChI=1S/C20H22N4O3S/c1-15(24(28(2,26)27)18-11-7-4-8-12-18)20(25)21-14-17-13-19(23-22-17)16-9-5-3-6-10-16/h3-13,15H,14H2,1-2H3,(H,21,25)(H,22,23)/t15-/m1/s1. The summed E-state index contributed by atoms with van der Waals surface area (Å²) in [5, 5.41) is 9.91. The Morgan fingerprint density at radius 1 is 1.11 bits per heavy atom. The molecule has 2 aromatic carbocycles. The first kappa shape index (κ1) is 19.6. The number of nitrogens with one attached hydrogen (secondary N) is 2. The quantitative estimate of drug-likeness (QED) is 0.639. The average Bonchev–Trinajstić information content (AvgIpc) is 3.15. The topological polar surface area (TPSA) is 95.2 Å². The molecule has 0 aliphatic rings. The molecule has 3 rings (SSSR count). The van der Waals surface area contributed by atoms with Gasteiger partial charge in [-0.05, 0) is 25.1 Å². The molecular weight excluding hydrogens is 376 g/mol. The Hall–Kier alpha value is -3.13. The molecule has 7 nitrogen and oxygen atoms in total. The number of hydrogen-bond donors (Lipinski definition) is 2. The summed E-state index contributed by atoms with van der Waals surface area (Å²) in [6.07, 6.45) is 1.09. The van der Waals surface area contributed by atoms with E-state index in [0.29, 0.717) is 5.69 Å². The van der Waals surface area contributed by atoms with Gasteiger partial charge >= 0.3 is 0 Å². The normalized spacial score (nSPS) is 12.4. The summed E-state index contributed by atoms with van der Waals surface area (Å²) >= 11 is 0. The van der Waals surface area contributed by atoms with Gasteiger partial charge in [0.25, 0.3) is 0 Å². The van der Waals surface area contributed by atoms with Gasteiger partial charge < -0.3 is 5.32 Å². The number of nitrogens with zero attached hydrogens (tertiary/aromatic N) is 2. The molecule has 0 bridgehead atoms. The van der Waals surface area contributed by atoms with Crippen molar-refractivity contribution in [3.63, 3.8) is 0 Å². The number of aromatic amines is 1. The smallest absolute Gasteiger partial charge is 0.243 e. The average molecular weight is 398 g/mol. The van der Waals surface area contributed by atoms with Crippen LogP contribution in [0.2, 0.25) is 0 Å². The lowest BCUT2D eigenvalue weighted by atomic mass is 10.1. The molecule has 1 aromatic heterocycles. The summed E-state index contributed by atoms with van der Waals surface area (Å²) in [4.78, 5) is 12.6.